The van der Waals surface area contributed by atoms with E-state index in [-0.39, 0.29) is 5.82 Å². The third kappa shape index (κ3) is 3.91. The first-order valence-corrected chi connectivity index (χ1v) is 7.09. The van der Waals surface area contributed by atoms with Crippen LogP contribution in [0.15, 0.2) is 18.2 Å². The molecule has 1 aromatic rings. The first-order chi connectivity index (χ1) is 9.74. The number of benzene rings is 1. The van der Waals surface area contributed by atoms with Crippen LogP contribution in [-0.4, -0.2) is 50.9 Å². The molecule has 4 nitrogen and oxygen atoms in total. The quantitative estimate of drug-likeness (QED) is 0.860. The number of methoxy groups -OCH3 is 1. The number of morpholine rings is 1. The van der Waals surface area contributed by atoms with Crippen LogP contribution in [0.4, 0.5) is 4.39 Å². The molecule has 20 heavy (non-hydrogen) atoms. The average molecular weight is 282 g/mol. The molecule has 1 aromatic carbocycles. The molecule has 5 heteroatoms. The highest BCUT2D eigenvalue weighted by Gasteiger charge is 2.23. The summed E-state index contributed by atoms with van der Waals surface area (Å²) in [6.07, 6.45) is 0. The van der Waals surface area contributed by atoms with E-state index < -0.39 is 0 Å². The molecular weight excluding hydrogens is 259 g/mol. The van der Waals surface area contributed by atoms with Crippen LogP contribution < -0.4 is 10.1 Å². The number of likely N-dealkylation sites (N-methyl/N-ethyl adjacent to an activating group) is 1. The molecule has 2 rings (SSSR count). The van der Waals surface area contributed by atoms with Gasteiger partial charge in [0.2, 0.25) is 0 Å². The maximum atomic E-state index is 14.0. The van der Waals surface area contributed by atoms with Gasteiger partial charge in [0.1, 0.15) is 11.6 Å². The summed E-state index contributed by atoms with van der Waals surface area (Å²) in [5, 5.41) is 3.33. The molecule has 0 amide bonds. The molecule has 0 aliphatic carbocycles. The van der Waals surface area contributed by atoms with Gasteiger partial charge >= 0.3 is 0 Å². The standard InChI is InChI=1S/C15H23FN2O2/c1-3-17-9-13-11-20-7-6-18(13)10-12-4-5-14(19-2)8-15(12)16/h4-5,8,13,17H,3,6-7,9-11H2,1-2H3. The lowest BCUT2D eigenvalue weighted by Gasteiger charge is -2.35. The van der Waals surface area contributed by atoms with Gasteiger partial charge in [0.15, 0.2) is 0 Å². The van der Waals surface area contributed by atoms with Crippen molar-refractivity contribution in [1.82, 2.24) is 10.2 Å². The Morgan fingerprint density at radius 2 is 2.35 bits per heavy atom. The van der Waals surface area contributed by atoms with Crippen molar-refractivity contribution in [3.63, 3.8) is 0 Å². The van der Waals surface area contributed by atoms with Crippen LogP contribution in [0.5, 0.6) is 5.75 Å². The van der Waals surface area contributed by atoms with Gasteiger partial charge in [-0.25, -0.2) is 4.39 Å². The number of hydrogen-bond donors (Lipinski definition) is 1. The van der Waals surface area contributed by atoms with Gasteiger partial charge < -0.3 is 14.8 Å². The molecule has 112 valence electrons. The Kier molecular flexibility index (Phi) is 5.76. The molecule has 1 aliphatic rings. The lowest BCUT2D eigenvalue weighted by molar-refractivity contribution is -0.0111. The molecule has 0 spiro atoms. The summed E-state index contributed by atoms with van der Waals surface area (Å²) in [4.78, 5) is 2.27. The van der Waals surface area contributed by atoms with E-state index in [0.29, 0.717) is 37.1 Å². The Bertz CT molecular complexity index is 428. The number of rotatable bonds is 6. The van der Waals surface area contributed by atoms with E-state index in [4.69, 9.17) is 9.47 Å². The number of ether oxygens (including phenoxy) is 2. The lowest BCUT2D eigenvalue weighted by atomic mass is 10.1. The van der Waals surface area contributed by atoms with E-state index in [9.17, 15) is 4.39 Å². The van der Waals surface area contributed by atoms with Crippen molar-refractivity contribution in [1.29, 1.82) is 0 Å². The van der Waals surface area contributed by atoms with Crippen LogP contribution in [0.25, 0.3) is 0 Å². The van der Waals surface area contributed by atoms with Gasteiger partial charge in [0, 0.05) is 37.3 Å². The van der Waals surface area contributed by atoms with Gasteiger partial charge in [-0.15, -0.1) is 0 Å². The second-order valence-corrected chi connectivity index (χ2v) is 4.96. The summed E-state index contributed by atoms with van der Waals surface area (Å²) in [6.45, 7) is 6.73. The Labute approximate surface area is 119 Å². The fraction of sp³-hybridized carbons (Fsp3) is 0.600. The Morgan fingerprint density at radius 1 is 1.50 bits per heavy atom. The minimum Gasteiger partial charge on any atom is -0.497 e. The summed E-state index contributed by atoms with van der Waals surface area (Å²) in [6, 6.07) is 5.34. The summed E-state index contributed by atoms with van der Waals surface area (Å²) >= 11 is 0. The minimum absolute atomic E-state index is 0.210. The largest absolute Gasteiger partial charge is 0.497 e. The van der Waals surface area contributed by atoms with Crippen LogP contribution in [0.2, 0.25) is 0 Å². The monoisotopic (exact) mass is 282 g/mol. The van der Waals surface area contributed by atoms with Crippen molar-refractivity contribution in [2.45, 2.75) is 19.5 Å². The van der Waals surface area contributed by atoms with Crippen molar-refractivity contribution in [3.8, 4) is 5.75 Å². The predicted molar refractivity (Wildman–Crippen MR) is 76.5 cm³/mol. The highest BCUT2D eigenvalue weighted by molar-refractivity contribution is 5.28. The summed E-state index contributed by atoms with van der Waals surface area (Å²) in [5.41, 5.74) is 0.703. The summed E-state index contributed by atoms with van der Waals surface area (Å²) in [7, 11) is 1.54. The van der Waals surface area contributed by atoms with Crippen LogP contribution in [-0.2, 0) is 11.3 Å². The van der Waals surface area contributed by atoms with E-state index in [1.54, 1.807) is 19.2 Å². The lowest BCUT2D eigenvalue weighted by Crippen LogP contribution is -2.49. The SMILES string of the molecule is CCNCC1COCCN1Cc1ccc(OC)cc1F. The van der Waals surface area contributed by atoms with E-state index in [2.05, 4.69) is 17.1 Å². The van der Waals surface area contributed by atoms with E-state index in [1.807, 2.05) is 0 Å². The van der Waals surface area contributed by atoms with E-state index >= 15 is 0 Å². The van der Waals surface area contributed by atoms with Gasteiger partial charge in [0.25, 0.3) is 0 Å². The highest BCUT2D eigenvalue weighted by atomic mass is 19.1. The second-order valence-electron chi connectivity index (χ2n) is 4.96. The van der Waals surface area contributed by atoms with E-state index in [1.165, 1.54) is 6.07 Å². The first kappa shape index (κ1) is 15.2. The van der Waals surface area contributed by atoms with Crippen molar-refractivity contribution in [2.24, 2.45) is 0 Å². The van der Waals surface area contributed by atoms with Crippen molar-refractivity contribution in [3.05, 3.63) is 29.6 Å². The number of hydrogen-bond acceptors (Lipinski definition) is 4. The minimum atomic E-state index is -0.210. The molecule has 1 N–H and O–H groups in total. The molecule has 1 aliphatic heterocycles. The third-order valence-electron chi connectivity index (χ3n) is 3.61. The molecule has 0 bridgehead atoms. The molecule has 0 saturated carbocycles. The fourth-order valence-corrected chi connectivity index (χ4v) is 2.40. The molecule has 1 saturated heterocycles. The van der Waals surface area contributed by atoms with E-state index in [0.717, 1.165) is 19.6 Å². The zero-order valence-electron chi connectivity index (χ0n) is 12.2. The van der Waals surface area contributed by atoms with Crippen molar-refractivity contribution < 1.29 is 13.9 Å². The summed E-state index contributed by atoms with van der Waals surface area (Å²) in [5.74, 6) is 0.343. The smallest absolute Gasteiger partial charge is 0.131 e. The Balaban J connectivity index is 2.02. The van der Waals surface area contributed by atoms with Crippen LogP contribution >= 0.6 is 0 Å². The zero-order valence-corrected chi connectivity index (χ0v) is 12.2. The van der Waals surface area contributed by atoms with Gasteiger partial charge in [0.05, 0.1) is 20.3 Å². The van der Waals surface area contributed by atoms with Gasteiger partial charge in [-0.1, -0.05) is 13.0 Å². The topological polar surface area (TPSA) is 33.7 Å². The van der Waals surface area contributed by atoms with Gasteiger partial charge in [-0.2, -0.15) is 0 Å². The van der Waals surface area contributed by atoms with Gasteiger partial charge in [-0.3, -0.25) is 4.90 Å². The maximum absolute atomic E-state index is 14.0. The summed E-state index contributed by atoms with van der Waals surface area (Å²) < 4.78 is 24.6. The number of nitrogens with one attached hydrogen (secondary N) is 1. The van der Waals surface area contributed by atoms with Crippen LogP contribution in [0.3, 0.4) is 0 Å². The van der Waals surface area contributed by atoms with Crippen LogP contribution in [0.1, 0.15) is 12.5 Å². The second kappa shape index (κ2) is 7.57. The molecule has 1 fully saturated rings. The average Bonchev–Trinajstić information content (AvgIpc) is 2.48. The van der Waals surface area contributed by atoms with Crippen molar-refractivity contribution in [2.75, 3.05) is 40.0 Å². The molecule has 1 atom stereocenters. The predicted octanol–water partition coefficient (Wildman–Crippen LogP) is 1.64. The molecule has 0 aromatic heterocycles. The van der Waals surface area contributed by atoms with Crippen molar-refractivity contribution >= 4 is 0 Å². The Morgan fingerprint density at radius 3 is 3.05 bits per heavy atom. The maximum Gasteiger partial charge on any atom is 0.131 e. The Hall–Kier alpha value is -1.17. The number of nitrogens with zero attached hydrogens (tertiary/aromatic N) is 1. The molecular formula is C15H23FN2O2. The molecule has 0 radical (unpaired) electrons. The van der Waals surface area contributed by atoms with Gasteiger partial charge in [-0.05, 0) is 12.6 Å². The molecule has 1 unspecified atom stereocenters. The highest BCUT2D eigenvalue weighted by Crippen LogP contribution is 2.19. The fourth-order valence-electron chi connectivity index (χ4n) is 2.40. The normalized spacial score (nSPS) is 20.1. The molecule has 1 heterocycles. The first-order valence-electron chi connectivity index (χ1n) is 7.09. The third-order valence-corrected chi connectivity index (χ3v) is 3.61. The zero-order chi connectivity index (χ0) is 14.4. The van der Waals surface area contributed by atoms with Crippen LogP contribution in [0, 0.1) is 5.82 Å². The number of halogens is 1.